The number of halogens is 2. The minimum Gasteiger partial charge on any atom is -0.194 e. The number of rotatable bonds is 0. The van der Waals surface area contributed by atoms with Gasteiger partial charge < -0.3 is 0 Å². The summed E-state index contributed by atoms with van der Waals surface area (Å²) in [5, 5.41) is 0.827. The van der Waals surface area contributed by atoms with Crippen molar-refractivity contribution < 1.29 is 4.39 Å². The van der Waals surface area contributed by atoms with Crippen LogP contribution in [-0.2, 0) is 0 Å². The fourth-order valence-electron chi connectivity index (χ4n) is 1.15. The van der Waals surface area contributed by atoms with Crippen LogP contribution in [0.5, 0.6) is 0 Å². The summed E-state index contributed by atoms with van der Waals surface area (Å²) in [6.07, 6.45) is 0. The molecule has 1 aromatic heterocycles. The highest BCUT2D eigenvalue weighted by Crippen LogP contribution is 2.34. The molecule has 0 N–H and O–H groups in total. The summed E-state index contributed by atoms with van der Waals surface area (Å²) in [6.45, 7) is 2.00. The quantitative estimate of drug-likeness (QED) is 0.655. The predicted molar refractivity (Wildman–Crippen MR) is 54.2 cm³/mol. The van der Waals surface area contributed by atoms with E-state index in [4.69, 9.17) is 0 Å². The lowest BCUT2D eigenvalue weighted by atomic mass is 10.2. The van der Waals surface area contributed by atoms with Gasteiger partial charge in [0.1, 0.15) is 0 Å². The molecule has 0 aliphatic rings. The molecule has 12 heavy (non-hydrogen) atoms. The lowest BCUT2D eigenvalue weighted by molar-refractivity contribution is 0.652. The zero-order valence-corrected chi connectivity index (χ0v) is 8.80. The van der Waals surface area contributed by atoms with Gasteiger partial charge in [-0.1, -0.05) is 11.6 Å². The Balaban J connectivity index is 2.88. The molecule has 1 aromatic carbocycles. The molecule has 0 fully saturated rings. The summed E-state index contributed by atoms with van der Waals surface area (Å²) in [5.41, 5.74) is 1.15. The Hall–Kier alpha value is -0.410. The van der Waals surface area contributed by atoms with Crippen molar-refractivity contribution in [2.24, 2.45) is 0 Å². The third kappa shape index (κ3) is 1.17. The van der Waals surface area contributed by atoms with E-state index in [1.807, 2.05) is 25.1 Å². The van der Waals surface area contributed by atoms with Crippen molar-refractivity contribution in [2.45, 2.75) is 6.92 Å². The molecule has 0 radical (unpaired) electrons. The minimum atomic E-state index is -0.143. The van der Waals surface area contributed by atoms with Crippen LogP contribution in [0.2, 0.25) is 0 Å². The van der Waals surface area contributed by atoms with Gasteiger partial charge in [0.05, 0.1) is 4.47 Å². The van der Waals surface area contributed by atoms with E-state index in [-0.39, 0.29) is 5.13 Å². The third-order valence-electron chi connectivity index (χ3n) is 1.74. The molecule has 2 rings (SSSR count). The average molecular weight is 245 g/mol. The number of fused-ring (bicyclic) bond motifs is 1. The summed E-state index contributed by atoms with van der Waals surface area (Å²) in [4.78, 5) is 0. The zero-order valence-electron chi connectivity index (χ0n) is 6.40. The molecule has 0 bridgehead atoms. The van der Waals surface area contributed by atoms with E-state index in [0.29, 0.717) is 4.47 Å². The highest BCUT2D eigenvalue weighted by Gasteiger charge is 2.08. The first-order valence-electron chi connectivity index (χ1n) is 3.52. The van der Waals surface area contributed by atoms with Crippen LogP contribution in [0, 0.1) is 12.1 Å². The summed E-state index contributed by atoms with van der Waals surface area (Å²) in [7, 11) is 0. The molecule has 0 saturated carbocycles. The van der Waals surface area contributed by atoms with Gasteiger partial charge in [-0.05, 0) is 35.0 Å². The lowest BCUT2D eigenvalue weighted by Gasteiger charge is -1.91. The van der Waals surface area contributed by atoms with Gasteiger partial charge in [-0.15, -0.1) is 11.3 Å². The van der Waals surface area contributed by atoms with Crippen molar-refractivity contribution in [2.75, 3.05) is 0 Å². The molecular weight excluding hydrogens is 239 g/mol. The highest BCUT2D eigenvalue weighted by atomic mass is 79.9. The van der Waals surface area contributed by atoms with Crippen LogP contribution in [0.25, 0.3) is 10.1 Å². The first kappa shape index (κ1) is 8.20. The van der Waals surface area contributed by atoms with Gasteiger partial charge >= 0.3 is 0 Å². The van der Waals surface area contributed by atoms with E-state index in [1.54, 1.807) is 0 Å². The van der Waals surface area contributed by atoms with Crippen molar-refractivity contribution >= 4 is 37.4 Å². The number of hydrogen-bond donors (Lipinski definition) is 0. The van der Waals surface area contributed by atoms with Crippen LogP contribution in [0.1, 0.15) is 5.56 Å². The lowest BCUT2D eigenvalue weighted by Crippen LogP contribution is -1.69. The maximum atomic E-state index is 13.0. The maximum absolute atomic E-state index is 13.0. The van der Waals surface area contributed by atoms with Crippen LogP contribution in [0.4, 0.5) is 4.39 Å². The Morgan fingerprint density at radius 1 is 1.42 bits per heavy atom. The second-order valence-corrected chi connectivity index (χ2v) is 4.48. The average Bonchev–Trinajstić information content (AvgIpc) is 2.31. The Morgan fingerprint density at radius 3 is 2.92 bits per heavy atom. The first-order valence-corrected chi connectivity index (χ1v) is 5.13. The Bertz CT molecular complexity index is 433. The number of benzene rings is 1. The van der Waals surface area contributed by atoms with Gasteiger partial charge in [-0.25, -0.2) is 0 Å². The monoisotopic (exact) mass is 244 g/mol. The summed E-state index contributed by atoms with van der Waals surface area (Å²) >= 11 is 4.39. The van der Waals surface area contributed by atoms with Crippen LogP contribution in [0.3, 0.4) is 0 Å². The van der Waals surface area contributed by atoms with E-state index >= 15 is 0 Å². The van der Waals surface area contributed by atoms with Crippen molar-refractivity contribution in [1.82, 2.24) is 0 Å². The summed E-state index contributed by atoms with van der Waals surface area (Å²) < 4.78 is 14.6. The van der Waals surface area contributed by atoms with Crippen molar-refractivity contribution in [3.05, 3.63) is 33.4 Å². The van der Waals surface area contributed by atoms with Gasteiger partial charge in [0.25, 0.3) is 0 Å². The highest BCUT2D eigenvalue weighted by molar-refractivity contribution is 9.10. The Morgan fingerprint density at radius 2 is 2.17 bits per heavy atom. The van der Waals surface area contributed by atoms with Crippen molar-refractivity contribution in [1.29, 1.82) is 0 Å². The SMILES string of the molecule is Cc1ccc2sc(F)c(Br)c2c1. The number of thiophene rings is 1. The first-order chi connectivity index (χ1) is 5.68. The molecule has 62 valence electrons. The van der Waals surface area contributed by atoms with Crippen LogP contribution in [-0.4, -0.2) is 0 Å². The molecule has 0 aliphatic heterocycles. The van der Waals surface area contributed by atoms with E-state index in [2.05, 4.69) is 15.9 Å². The topological polar surface area (TPSA) is 0 Å². The third-order valence-corrected chi connectivity index (χ3v) is 3.74. The predicted octanol–water partition coefficient (Wildman–Crippen LogP) is 4.11. The van der Waals surface area contributed by atoms with Crippen molar-refractivity contribution in [3.8, 4) is 0 Å². The number of aryl methyl sites for hydroxylation is 1. The molecule has 0 nitrogen and oxygen atoms in total. The summed E-state index contributed by atoms with van der Waals surface area (Å²) in [5.74, 6) is 0. The van der Waals surface area contributed by atoms with Gasteiger partial charge in [-0.2, -0.15) is 4.39 Å². The van der Waals surface area contributed by atoms with Gasteiger partial charge in [0.2, 0.25) is 0 Å². The number of hydrogen-bond acceptors (Lipinski definition) is 1. The van der Waals surface area contributed by atoms with Gasteiger partial charge in [0, 0.05) is 10.1 Å². The summed E-state index contributed by atoms with van der Waals surface area (Å²) in [6, 6.07) is 5.92. The Kier molecular flexibility index (Phi) is 1.93. The molecule has 0 spiro atoms. The van der Waals surface area contributed by atoms with E-state index < -0.39 is 0 Å². The standard InChI is InChI=1S/C9H6BrFS/c1-5-2-3-7-6(4-5)8(10)9(11)12-7/h2-4H,1H3. The molecule has 0 saturated heterocycles. The molecule has 1 heterocycles. The molecule has 2 aromatic rings. The van der Waals surface area contributed by atoms with E-state index in [0.717, 1.165) is 15.6 Å². The van der Waals surface area contributed by atoms with Crippen LogP contribution >= 0.6 is 27.3 Å². The molecular formula is C9H6BrFS. The molecule has 0 unspecified atom stereocenters. The van der Waals surface area contributed by atoms with E-state index in [1.165, 1.54) is 11.3 Å². The normalized spacial score (nSPS) is 10.9. The van der Waals surface area contributed by atoms with Crippen molar-refractivity contribution in [3.63, 3.8) is 0 Å². The van der Waals surface area contributed by atoms with Crippen LogP contribution in [0.15, 0.2) is 22.7 Å². The Labute approximate surface area is 82.2 Å². The van der Waals surface area contributed by atoms with Gasteiger partial charge in [0.15, 0.2) is 5.13 Å². The second kappa shape index (κ2) is 2.82. The fraction of sp³-hybridized carbons (Fsp3) is 0.111. The zero-order chi connectivity index (χ0) is 8.72. The molecule has 0 aliphatic carbocycles. The molecule has 0 atom stereocenters. The maximum Gasteiger partial charge on any atom is 0.191 e. The smallest absolute Gasteiger partial charge is 0.191 e. The molecule has 3 heteroatoms. The van der Waals surface area contributed by atoms with Crippen LogP contribution < -0.4 is 0 Å². The largest absolute Gasteiger partial charge is 0.194 e. The minimum absolute atomic E-state index is 0.143. The van der Waals surface area contributed by atoms with E-state index in [9.17, 15) is 4.39 Å². The second-order valence-electron chi connectivity index (χ2n) is 2.69. The van der Waals surface area contributed by atoms with Gasteiger partial charge in [-0.3, -0.25) is 0 Å². The molecule has 0 amide bonds. The fourth-order valence-corrected chi connectivity index (χ4v) is 2.65.